The smallest absolute Gasteiger partial charge is 0.158 e. The molecule has 0 aromatic carbocycles. The summed E-state index contributed by atoms with van der Waals surface area (Å²) in [5, 5.41) is 8.96. The lowest BCUT2D eigenvalue weighted by atomic mass is 10.0. The number of halogens is 1. The maximum atomic E-state index is 11.4. The van der Waals surface area contributed by atoms with E-state index >= 15 is 0 Å². The third kappa shape index (κ3) is 1.19. The van der Waals surface area contributed by atoms with E-state index in [9.17, 15) is 4.79 Å². The van der Waals surface area contributed by atoms with E-state index in [1.165, 1.54) is 0 Å². The van der Waals surface area contributed by atoms with Gasteiger partial charge in [-0.1, -0.05) is 13.0 Å². The number of aliphatic hydroxyl groups is 1. The molecule has 0 unspecified atom stereocenters. The van der Waals surface area contributed by atoms with Crippen LogP contribution in [0.3, 0.4) is 0 Å². The number of carbonyl (C=O) groups is 1. The first-order chi connectivity index (χ1) is 5.50. The Morgan fingerprint density at radius 2 is 2.42 bits per heavy atom. The molecule has 1 N–H and O–H groups in total. The summed E-state index contributed by atoms with van der Waals surface area (Å²) in [6.07, 6.45) is 2.41. The van der Waals surface area contributed by atoms with Crippen molar-refractivity contribution in [2.75, 3.05) is 6.61 Å². The lowest BCUT2D eigenvalue weighted by Crippen LogP contribution is -2.24. The SMILES string of the molecule is C=CCC(=O)[C@@]1(Cl)C[C@@]1(C)CO. The van der Waals surface area contributed by atoms with Crippen LogP contribution >= 0.6 is 11.6 Å². The first-order valence-electron chi connectivity index (χ1n) is 3.94. The average Bonchev–Trinajstić information content (AvgIpc) is 2.58. The predicted octanol–water partition coefficient (Wildman–Crippen LogP) is 1.51. The Bertz CT molecular complexity index is 227. The maximum Gasteiger partial charge on any atom is 0.158 e. The van der Waals surface area contributed by atoms with Crippen molar-refractivity contribution in [3.05, 3.63) is 12.7 Å². The number of allylic oxidation sites excluding steroid dienone is 1. The summed E-state index contributed by atoms with van der Waals surface area (Å²) in [6, 6.07) is 0. The highest BCUT2D eigenvalue weighted by Gasteiger charge is 2.67. The zero-order valence-corrected chi connectivity index (χ0v) is 7.90. The molecule has 2 nitrogen and oxygen atoms in total. The monoisotopic (exact) mass is 188 g/mol. The van der Waals surface area contributed by atoms with Gasteiger partial charge < -0.3 is 5.11 Å². The van der Waals surface area contributed by atoms with Crippen LogP contribution in [0.1, 0.15) is 19.8 Å². The first-order valence-corrected chi connectivity index (χ1v) is 4.32. The van der Waals surface area contributed by atoms with Gasteiger partial charge >= 0.3 is 0 Å². The van der Waals surface area contributed by atoms with Gasteiger partial charge in [0.15, 0.2) is 5.78 Å². The van der Waals surface area contributed by atoms with Crippen molar-refractivity contribution in [1.82, 2.24) is 0 Å². The molecule has 1 saturated carbocycles. The van der Waals surface area contributed by atoms with E-state index in [2.05, 4.69) is 6.58 Å². The molecule has 12 heavy (non-hydrogen) atoms. The average molecular weight is 189 g/mol. The van der Waals surface area contributed by atoms with Crippen molar-refractivity contribution >= 4 is 17.4 Å². The molecule has 2 atom stereocenters. The van der Waals surface area contributed by atoms with E-state index in [4.69, 9.17) is 16.7 Å². The largest absolute Gasteiger partial charge is 0.396 e. The Morgan fingerprint density at radius 3 is 2.75 bits per heavy atom. The fraction of sp³-hybridized carbons (Fsp3) is 0.667. The minimum atomic E-state index is -0.823. The van der Waals surface area contributed by atoms with E-state index in [1.807, 2.05) is 6.92 Å². The van der Waals surface area contributed by atoms with Crippen molar-refractivity contribution in [3.63, 3.8) is 0 Å². The second-order valence-electron chi connectivity index (χ2n) is 3.61. The second kappa shape index (κ2) is 2.86. The van der Waals surface area contributed by atoms with Crippen LogP contribution in [0.4, 0.5) is 0 Å². The molecule has 0 amide bonds. The van der Waals surface area contributed by atoms with Gasteiger partial charge in [0.05, 0.1) is 6.61 Å². The number of hydrogen-bond acceptors (Lipinski definition) is 2. The highest BCUT2D eigenvalue weighted by Crippen LogP contribution is 2.61. The summed E-state index contributed by atoms with van der Waals surface area (Å²) in [5.41, 5.74) is -0.408. The molecular formula is C9H13ClO2. The van der Waals surface area contributed by atoms with Crippen LogP contribution in [0.5, 0.6) is 0 Å². The molecule has 0 radical (unpaired) electrons. The molecule has 0 spiro atoms. The number of hydrogen-bond donors (Lipinski definition) is 1. The lowest BCUT2D eigenvalue weighted by molar-refractivity contribution is -0.119. The Morgan fingerprint density at radius 1 is 1.83 bits per heavy atom. The standard InChI is InChI=1S/C9H13ClO2/c1-3-4-7(12)9(10)5-8(9,2)6-11/h3,11H,1,4-6H2,2H3/t8-,9-/m0/s1. The van der Waals surface area contributed by atoms with Crippen LogP contribution < -0.4 is 0 Å². The number of rotatable bonds is 4. The zero-order chi connectivity index (χ0) is 9.41. The molecule has 1 aliphatic carbocycles. The number of aliphatic hydroxyl groups excluding tert-OH is 1. The highest BCUT2D eigenvalue weighted by atomic mass is 35.5. The summed E-state index contributed by atoms with van der Waals surface area (Å²) >= 11 is 6.02. The number of Topliss-reactive ketones (excluding diaryl/α,β-unsaturated/α-hetero) is 1. The summed E-state index contributed by atoms with van der Waals surface area (Å²) < 4.78 is 0. The minimum absolute atomic E-state index is 0.0284. The molecule has 1 fully saturated rings. The molecule has 0 saturated heterocycles. The van der Waals surface area contributed by atoms with Gasteiger partial charge in [-0.3, -0.25) is 4.79 Å². The molecular weight excluding hydrogens is 176 g/mol. The zero-order valence-electron chi connectivity index (χ0n) is 7.14. The summed E-state index contributed by atoms with van der Waals surface area (Å²) in [5.74, 6) is -0.0317. The summed E-state index contributed by atoms with van der Waals surface area (Å²) in [7, 11) is 0. The van der Waals surface area contributed by atoms with E-state index in [-0.39, 0.29) is 12.4 Å². The van der Waals surface area contributed by atoms with E-state index in [1.54, 1.807) is 6.08 Å². The van der Waals surface area contributed by atoms with Crippen molar-refractivity contribution in [1.29, 1.82) is 0 Å². The normalized spacial score (nSPS) is 39.2. The van der Waals surface area contributed by atoms with Crippen molar-refractivity contribution in [3.8, 4) is 0 Å². The van der Waals surface area contributed by atoms with Crippen LogP contribution in [0.15, 0.2) is 12.7 Å². The topological polar surface area (TPSA) is 37.3 Å². The van der Waals surface area contributed by atoms with Gasteiger partial charge in [-0.25, -0.2) is 0 Å². The Kier molecular flexibility index (Phi) is 2.32. The van der Waals surface area contributed by atoms with Crippen LogP contribution in [-0.4, -0.2) is 22.4 Å². The minimum Gasteiger partial charge on any atom is -0.396 e. The van der Waals surface area contributed by atoms with E-state index < -0.39 is 10.3 Å². The Hall–Kier alpha value is -0.340. The van der Waals surface area contributed by atoms with E-state index in [0.29, 0.717) is 12.8 Å². The molecule has 0 bridgehead atoms. The summed E-state index contributed by atoms with van der Waals surface area (Å²) in [6.45, 7) is 5.27. The molecule has 0 aromatic rings. The quantitative estimate of drug-likeness (QED) is 0.537. The summed E-state index contributed by atoms with van der Waals surface area (Å²) in [4.78, 5) is 10.6. The van der Waals surface area contributed by atoms with E-state index in [0.717, 1.165) is 0 Å². The lowest BCUT2D eigenvalue weighted by Gasteiger charge is -2.11. The Labute approximate surface area is 77.2 Å². The van der Waals surface area contributed by atoms with Crippen molar-refractivity contribution < 1.29 is 9.90 Å². The van der Waals surface area contributed by atoms with Crippen LogP contribution in [0.2, 0.25) is 0 Å². The van der Waals surface area contributed by atoms with Gasteiger partial charge in [-0.2, -0.15) is 0 Å². The fourth-order valence-electron chi connectivity index (χ4n) is 1.40. The molecule has 0 aliphatic heterocycles. The molecule has 1 rings (SSSR count). The molecule has 68 valence electrons. The molecule has 0 heterocycles. The molecule has 1 aliphatic rings. The third-order valence-electron chi connectivity index (χ3n) is 2.59. The second-order valence-corrected chi connectivity index (χ2v) is 4.26. The predicted molar refractivity (Wildman–Crippen MR) is 48.2 cm³/mol. The van der Waals surface area contributed by atoms with Gasteiger partial charge in [-0.15, -0.1) is 18.2 Å². The Balaban J connectivity index is 2.66. The van der Waals surface area contributed by atoms with Crippen molar-refractivity contribution in [2.45, 2.75) is 24.6 Å². The van der Waals surface area contributed by atoms with Gasteiger partial charge in [-0.05, 0) is 6.42 Å². The van der Waals surface area contributed by atoms with Gasteiger partial charge in [0.1, 0.15) is 4.87 Å². The van der Waals surface area contributed by atoms with Gasteiger partial charge in [0.2, 0.25) is 0 Å². The fourth-order valence-corrected chi connectivity index (χ4v) is 1.83. The van der Waals surface area contributed by atoms with Crippen LogP contribution in [-0.2, 0) is 4.79 Å². The first kappa shape index (κ1) is 9.75. The number of alkyl halides is 1. The van der Waals surface area contributed by atoms with Crippen LogP contribution in [0.25, 0.3) is 0 Å². The van der Waals surface area contributed by atoms with Crippen molar-refractivity contribution in [2.24, 2.45) is 5.41 Å². The maximum absolute atomic E-state index is 11.4. The van der Waals surface area contributed by atoms with Crippen LogP contribution in [0, 0.1) is 5.41 Å². The number of ketones is 1. The van der Waals surface area contributed by atoms with Gasteiger partial charge in [0.25, 0.3) is 0 Å². The molecule has 3 heteroatoms. The number of carbonyl (C=O) groups excluding carboxylic acids is 1. The molecule has 0 aromatic heterocycles. The third-order valence-corrected chi connectivity index (χ3v) is 3.39. The highest BCUT2D eigenvalue weighted by molar-refractivity contribution is 6.38. The van der Waals surface area contributed by atoms with Gasteiger partial charge in [0, 0.05) is 11.8 Å².